The molecule has 0 radical (unpaired) electrons. The number of amides is 1. The van der Waals surface area contributed by atoms with Gasteiger partial charge in [0.1, 0.15) is 11.6 Å². The van der Waals surface area contributed by atoms with Crippen LogP contribution in [0.1, 0.15) is 5.56 Å². The normalized spacial score (nSPS) is 10.9. The molecule has 0 aliphatic heterocycles. The summed E-state index contributed by atoms with van der Waals surface area (Å²) < 4.78 is 0. The Morgan fingerprint density at radius 1 is 1.16 bits per heavy atom. The van der Waals surface area contributed by atoms with Crippen molar-refractivity contribution >= 4 is 58.2 Å². The second-order valence-electron chi connectivity index (χ2n) is 4.72. The van der Waals surface area contributed by atoms with E-state index in [1.165, 1.54) is 6.08 Å². The first-order chi connectivity index (χ1) is 11.8. The molecule has 0 saturated carbocycles. The molecule has 0 bridgehead atoms. The topological polar surface area (TPSA) is 96.0 Å². The van der Waals surface area contributed by atoms with Gasteiger partial charge in [-0.2, -0.15) is 5.26 Å². The Morgan fingerprint density at radius 2 is 1.72 bits per heavy atom. The fourth-order valence-electron chi connectivity index (χ4n) is 1.84. The fourth-order valence-corrected chi connectivity index (χ4v) is 2.54. The first-order valence-electron chi connectivity index (χ1n) is 6.64. The number of nitrogens with zero attached hydrogens (tertiary/aromatic N) is 2. The van der Waals surface area contributed by atoms with E-state index in [1.54, 1.807) is 30.3 Å². The average molecular weight is 397 g/mol. The van der Waals surface area contributed by atoms with Crippen molar-refractivity contribution in [3.05, 3.63) is 72.7 Å². The summed E-state index contributed by atoms with van der Waals surface area (Å²) in [5.41, 5.74) is 0.0613. The van der Waals surface area contributed by atoms with Gasteiger partial charge in [0.2, 0.25) is 0 Å². The number of anilines is 1. The third-order valence-electron chi connectivity index (χ3n) is 3.02. The fraction of sp³-hybridized carbons (Fsp3) is 0. The molecule has 9 heteroatoms. The summed E-state index contributed by atoms with van der Waals surface area (Å²) in [6, 6.07) is 10.4. The SMILES string of the molecule is N#C/C(=C\c1ccc(Cl)cc1)C(=O)Nc1c(Cl)cc([N+](=O)[O-])cc1Cl. The van der Waals surface area contributed by atoms with Crippen molar-refractivity contribution in [1.29, 1.82) is 5.26 Å². The van der Waals surface area contributed by atoms with Crippen LogP contribution in [-0.4, -0.2) is 10.8 Å². The first-order valence-corrected chi connectivity index (χ1v) is 7.77. The highest BCUT2D eigenvalue weighted by Crippen LogP contribution is 2.35. The van der Waals surface area contributed by atoms with Crippen molar-refractivity contribution in [2.24, 2.45) is 0 Å². The molecular formula is C16H8Cl3N3O3. The molecule has 126 valence electrons. The van der Waals surface area contributed by atoms with E-state index >= 15 is 0 Å². The lowest BCUT2D eigenvalue weighted by atomic mass is 10.1. The minimum Gasteiger partial charge on any atom is -0.319 e. The molecule has 0 unspecified atom stereocenters. The van der Waals surface area contributed by atoms with E-state index in [1.807, 2.05) is 0 Å². The second-order valence-corrected chi connectivity index (χ2v) is 5.97. The van der Waals surface area contributed by atoms with E-state index < -0.39 is 10.8 Å². The number of nitriles is 1. The van der Waals surface area contributed by atoms with Gasteiger partial charge in [-0.3, -0.25) is 14.9 Å². The maximum Gasteiger partial charge on any atom is 0.272 e. The molecule has 0 aromatic heterocycles. The Hall–Kier alpha value is -2.59. The van der Waals surface area contributed by atoms with Crippen LogP contribution in [0.4, 0.5) is 11.4 Å². The second kappa shape index (κ2) is 7.99. The number of carbonyl (C=O) groups is 1. The first kappa shape index (κ1) is 18.7. The molecule has 6 nitrogen and oxygen atoms in total. The molecule has 0 heterocycles. The Bertz CT molecular complexity index is 895. The molecule has 0 fully saturated rings. The van der Waals surface area contributed by atoms with E-state index in [0.717, 1.165) is 12.1 Å². The lowest BCUT2D eigenvalue weighted by Gasteiger charge is -2.09. The number of halogens is 3. The minimum absolute atomic E-state index is 0.0174. The summed E-state index contributed by atoms with van der Waals surface area (Å²) in [4.78, 5) is 22.4. The summed E-state index contributed by atoms with van der Waals surface area (Å²) >= 11 is 17.6. The van der Waals surface area contributed by atoms with Crippen LogP contribution in [0.15, 0.2) is 42.0 Å². The Kier molecular flexibility index (Phi) is 5.99. The predicted octanol–water partition coefficient (Wildman–Crippen LogP) is 5.10. The van der Waals surface area contributed by atoms with Gasteiger partial charge < -0.3 is 5.32 Å². The third-order valence-corrected chi connectivity index (χ3v) is 3.87. The highest BCUT2D eigenvalue weighted by atomic mass is 35.5. The van der Waals surface area contributed by atoms with Gasteiger partial charge in [-0.25, -0.2) is 0 Å². The summed E-state index contributed by atoms with van der Waals surface area (Å²) in [7, 11) is 0. The Labute approximate surface area is 157 Å². The van der Waals surface area contributed by atoms with Crippen molar-refractivity contribution in [1.82, 2.24) is 0 Å². The van der Waals surface area contributed by atoms with Gasteiger partial charge in [0.05, 0.1) is 20.7 Å². The maximum atomic E-state index is 12.3. The van der Waals surface area contributed by atoms with Crippen LogP contribution in [-0.2, 0) is 4.79 Å². The van der Waals surface area contributed by atoms with Crippen molar-refractivity contribution in [3.63, 3.8) is 0 Å². The third kappa shape index (κ3) is 4.70. The zero-order chi connectivity index (χ0) is 18.6. The summed E-state index contributed by atoms with van der Waals surface area (Å²) in [6.45, 7) is 0. The predicted molar refractivity (Wildman–Crippen MR) is 96.8 cm³/mol. The molecule has 1 amide bonds. The van der Waals surface area contributed by atoms with Crippen molar-refractivity contribution in [3.8, 4) is 6.07 Å². The number of nitro benzene ring substituents is 1. The van der Waals surface area contributed by atoms with Crippen LogP contribution in [0.3, 0.4) is 0 Å². The standard InChI is InChI=1S/C16H8Cl3N3O3/c17-11-3-1-9(2-4-11)5-10(8-20)16(23)21-15-13(18)6-12(22(24)25)7-14(15)19/h1-7H,(H,21,23)/b10-5+. The van der Waals surface area contributed by atoms with Gasteiger partial charge in [0.25, 0.3) is 11.6 Å². The number of hydrogen-bond donors (Lipinski definition) is 1. The van der Waals surface area contributed by atoms with Gasteiger partial charge >= 0.3 is 0 Å². The molecule has 0 aliphatic rings. The van der Waals surface area contributed by atoms with Crippen LogP contribution < -0.4 is 5.32 Å². The molecule has 0 aliphatic carbocycles. The average Bonchev–Trinajstić information content (AvgIpc) is 2.57. The highest BCUT2D eigenvalue weighted by molar-refractivity contribution is 6.40. The van der Waals surface area contributed by atoms with Crippen LogP contribution in [0, 0.1) is 21.4 Å². The number of rotatable bonds is 4. The van der Waals surface area contributed by atoms with Crippen LogP contribution in [0.5, 0.6) is 0 Å². The lowest BCUT2D eigenvalue weighted by Crippen LogP contribution is -2.14. The van der Waals surface area contributed by atoms with Crippen molar-refractivity contribution in [2.75, 3.05) is 5.32 Å². The van der Waals surface area contributed by atoms with Crippen LogP contribution in [0.25, 0.3) is 6.08 Å². The molecule has 0 atom stereocenters. The van der Waals surface area contributed by atoms with Gasteiger partial charge in [-0.05, 0) is 23.8 Å². The van der Waals surface area contributed by atoms with Gasteiger partial charge in [-0.15, -0.1) is 0 Å². The largest absolute Gasteiger partial charge is 0.319 e. The van der Waals surface area contributed by atoms with Crippen molar-refractivity contribution < 1.29 is 9.72 Å². The summed E-state index contributed by atoms with van der Waals surface area (Å²) in [6.07, 6.45) is 1.36. The zero-order valence-corrected chi connectivity index (χ0v) is 14.6. The summed E-state index contributed by atoms with van der Waals surface area (Å²) in [5.74, 6) is -0.755. The van der Waals surface area contributed by atoms with Crippen LogP contribution >= 0.6 is 34.8 Å². The number of nitrogens with one attached hydrogen (secondary N) is 1. The highest BCUT2D eigenvalue weighted by Gasteiger charge is 2.18. The van der Waals surface area contributed by atoms with E-state index in [0.29, 0.717) is 10.6 Å². The van der Waals surface area contributed by atoms with Gasteiger partial charge in [0, 0.05) is 17.2 Å². The number of carbonyl (C=O) groups excluding carboxylic acids is 1. The quantitative estimate of drug-likeness (QED) is 0.336. The minimum atomic E-state index is -0.755. The Balaban J connectivity index is 2.30. The number of benzene rings is 2. The molecule has 2 aromatic rings. The van der Waals surface area contributed by atoms with Crippen LogP contribution in [0.2, 0.25) is 15.1 Å². The van der Waals surface area contributed by atoms with E-state index in [2.05, 4.69) is 5.32 Å². The summed E-state index contributed by atoms with van der Waals surface area (Å²) in [5, 5.41) is 22.6. The number of nitro groups is 1. The molecule has 1 N–H and O–H groups in total. The van der Waals surface area contributed by atoms with Gasteiger partial charge in [0.15, 0.2) is 0 Å². The number of hydrogen-bond acceptors (Lipinski definition) is 4. The van der Waals surface area contributed by atoms with E-state index in [-0.39, 0.29) is 27.0 Å². The monoisotopic (exact) mass is 395 g/mol. The maximum absolute atomic E-state index is 12.3. The molecule has 2 rings (SSSR count). The lowest BCUT2D eigenvalue weighted by molar-refractivity contribution is -0.384. The molecule has 0 saturated heterocycles. The Morgan fingerprint density at radius 3 is 2.20 bits per heavy atom. The molecular weight excluding hydrogens is 389 g/mol. The molecule has 2 aromatic carbocycles. The van der Waals surface area contributed by atoms with Gasteiger partial charge in [-0.1, -0.05) is 46.9 Å². The van der Waals surface area contributed by atoms with E-state index in [4.69, 9.17) is 34.8 Å². The van der Waals surface area contributed by atoms with E-state index in [9.17, 15) is 20.2 Å². The molecule has 25 heavy (non-hydrogen) atoms. The van der Waals surface area contributed by atoms with Crippen molar-refractivity contribution in [2.45, 2.75) is 0 Å². The zero-order valence-electron chi connectivity index (χ0n) is 12.3. The molecule has 0 spiro atoms. The smallest absolute Gasteiger partial charge is 0.272 e. The number of non-ortho nitro benzene ring substituents is 1.